The molecule has 2 aromatic rings. The van der Waals surface area contributed by atoms with E-state index in [0.29, 0.717) is 31.1 Å². The number of aliphatic hydroxyl groups is 1. The first-order chi connectivity index (χ1) is 8.81. The van der Waals surface area contributed by atoms with Crippen LogP contribution in [0.5, 0.6) is 0 Å². The Hall–Kier alpha value is -1.79. The highest BCUT2D eigenvalue weighted by molar-refractivity contribution is 5.14. The van der Waals surface area contributed by atoms with Crippen LogP contribution in [0.25, 0.3) is 0 Å². The van der Waals surface area contributed by atoms with Gasteiger partial charge in [0, 0.05) is 25.4 Å². The lowest BCUT2D eigenvalue weighted by Gasteiger charge is -2.01. The summed E-state index contributed by atoms with van der Waals surface area (Å²) in [6, 6.07) is 3.82. The van der Waals surface area contributed by atoms with Gasteiger partial charge >= 0.3 is 0 Å². The summed E-state index contributed by atoms with van der Waals surface area (Å²) in [5.41, 5.74) is 1.05. The van der Waals surface area contributed by atoms with Crippen molar-refractivity contribution in [2.24, 2.45) is 0 Å². The van der Waals surface area contributed by atoms with E-state index in [-0.39, 0.29) is 12.1 Å². The predicted molar refractivity (Wildman–Crippen MR) is 62.7 cm³/mol. The number of nitrogens with one attached hydrogen (secondary N) is 1. The van der Waals surface area contributed by atoms with E-state index >= 15 is 0 Å². The van der Waals surface area contributed by atoms with E-state index in [4.69, 9.17) is 4.52 Å². The fourth-order valence-corrected chi connectivity index (χ4v) is 2.07. The molecule has 1 saturated heterocycles. The van der Waals surface area contributed by atoms with Crippen LogP contribution in [0.1, 0.15) is 29.7 Å². The van der Waals surface area contributed by atoms with Gasteiger partial charge < -0.3 is 14.9 Å². The first-order valence-corrected chi connectivity index (χ1v) is 5.94. The van der Waals surface area contributed by atoms with Crippen LogP contribution in [0.4, 0.5) is 0 Å². The summed E-state index contributed by atoms with van der Waals surface area (Å²) >= 11 is 0. The summed E-state index contributed by atoms with van der Waals surface area (Å²) in [4.78, 5) is 8.39. The predicted octanol–water partition coefficient (Wildman–Crippen LogP) is 0.451. The van der Waals surface area contributed by atoms with E-state index in [9.17, 15) is 5.11 Å². The molecule has 2 atom stereocenters. The molecule has 1 aliphatic heterocycles. The smallest absolute Gasteiger partial charge is 0.243 e. The molecule has 1 fully saturated rings. The maximum Gasteiger partial charge on any atom is 0.243 e. The second kappa shape index (κ2) is 4.83. The Kier molecular flexibility index (Phi) is 3.04. The maximum absolute atomic E-state index is 9.44. The van der Waals surface area contributed by atoms with E-state index in [1.54, 1.807) is 12.4 Å². The molecule has 6 nitrogen and oxygen atoms in total. The van der Waals surface area contributed by atoms with Gasteiger partial charge in [-0.25, -0.2) is 0 Å². The van der Waals surface area contributed by atoms with Crippen LogP contribution in [-0.2, 0) is 6.42 Å². The van der Waals surface area contributed by atoms with Crippen molar-refractivity contribution in [3.05, 3.63) is 41.8 Å². The molecule has 0 unspecified atom stereocenters. The average molecular weight is 246 g/mol. The minimum atomic E-state index is -0.330. The molecule has 2 aromatic heterocycles. The van der Waals surface area contributed by atoms with E-state index in [1.165, 1.54) is 0 Å². The molecule has 0 aliphatic carbocycles. The highest BCUT2D eigenvalue weighted by atomic mass is 16.5. The Morgan fingerprint density at radius 2 is 2.44 bits per heavy atom. The van der Waals surface area contributed by atoms with Crippen molar-refractivity contribution in [3.8, 4) is 0 Å². The number of β-amino-alcohol motifs (C(OH)–C–C–N with tert-alkyl or cyclic N) is 1. The Morgan fingerprint density at radius 1 is 1.50 bits per heavy atom. The summed E-state index contributed by atoms with van der Waals surface area (Å²) in [7, 11) is 0. The van der Waals surface area contributed by atoms with Crippen LogP contribution >= 0.6 is 0 Å². The van der Waals surface area contributed by atoms with Gasteiger partial charge in [0.1, 0.15) is 0 Å². The van der Waals surface area contributed by atoms with Crippen molar-refractivity contribution in [1.82, 2.24) is 20.4 Å². The molecule has 0 aromatic carbocycles. The molecule has 0 radical (unpaired) electrons. The maximum atomic E-state index is 9.44. The SMILES string of the molecule is O[C@H]1CN[C@H](c2nc(Cc3cccnc3)no2)C1. The lowest BCUT2D eigenvalue weighted by Crippen LogP contribution is -2.15. The molecule has 18 heavy (non-hydrogen) atoms. The molecule has 0 amide bonds. The van der Waals surface area contributed by atoms with Crippen molar-refractivity contribution in [2.75, 3.05) is 6.54 Å². The molecular weight excluding hydrogens is 232 g/mol. The number of aromatic nitrogens is 3. The van der Waals surface area contributed by atoms with Crippen molar-refractivity contribution in [1.29, 1.82) is 0 Å². The number of nitrogens with zero attached hydrogens (tertiary/aromatic N) is 3. The molecule has 2 N–H and O–H groups in total. The molecule has 94 valence electrons. The Labute approximate surface area is 104 Å². The van der Waals surface area contributed by atoms with Gasteiger partial charge in [-0.15, -0.1) is 0 Å². The number of hydrogen-bond acceptors (Lipinski definition) is 6. The summed E-state index contributed by atoms with van der Waals surface area (Å²) < 4.78 is 5.21. The number of aliphatic hydroxyl groups excluding tert-OH is 1. The number of pyridine rings is 1. The third-order valence-corrected chi connectivity index (χ3v) is 2.97. The van der Waals surface area contributed by atoms with Crippen LogP contribution in [0, 0.1) is 0 Å². The van der Waals surface area contributed by atoms with Gasteiger partial charge in [-0.1, -0.05) is 11.2 Å². The molecule has 0 spiro atoms. The molecule has 0 saturated carbocycles. The van der Waals surface area contributed by atoms with Crippen LogP contribution < -0.4 is 5.32 Å². The average Bonchev–Trinajstić information content (AvgIpc) is 2.99. The second-order valence-corrected chi connectivity index (χ2v) is 4.44. The standard InChI is InChI=1S/C12H14N4O2/c17-9-5-10(14-7-9)12-15-11(16-18-12)4-8-2-1-3-13-6-8/h1-3,6,9-10,14,17H,4-5,7H2/t9-,10+/m1/s1. The first kappa shape index (κ1) is 11.3. The fraction of sp³-hybridized carbons (Fsp3) is 0.417. The van der Waals surface area contributed by atoms with Gasteiger partial charge in [0.15, 0.2) is 5.82 Å². The first-order valence-electron chi connectivity index (χ1n) is 5.94. The second-order valence-electron chi connectivity index (χ2n) is 4.44. The van der Waals surface area contributed by atoms with Crippen molar-refractivity contribution < 1.29 is 9.63 Å². The molecule has 6 heteroatoms. The molecule has 0 bridgehead atoms. The summed E-state index contributed by atoms with van der Waals surface area (Å²) in [6.07, 6.45) is 4.41. The van der Waals surface area contributed by atoms with E-state index in [2.05, 4.69) is 20.4 Å². The zero-order valence-electron chi connectivity index (χ0n) is 9.78. The lowest BCUT2D eigenvalue weighted by molar-refractivity contribution is 0.191. The van der Waals surface area contributed by atoms with Gasteiger partial charge in [0.05, 0.1) is 12.1 Å². The molecule has 3 heterocycles. The third-order valence-electron chi connectivity index (χ3n) is 2.97. The normalized spacial score (nSPS) is 23.4. The monoisotopic (exact) mass is 246 g/mol. The highest BCUT2D eigenvalue weighted by Crippen LogP contribution is 2.22. The quantitative estimate of drug-likeness (QED) is 0.818. The van der Waals surface area contributed by atoms with Crippen LogP contribution in [0.2, 0.25) is 0 Å². The molecule has 1 aliphatic rings. The summed E-state index contributed by atoms with van der Waals surface area (Å²) in [5, 5.41) is 16.5. The Balaban J connectivity index is 1.70. The lowest BCUT2D eigenvalue weighted by atomic mass is 10.2. The van der Waals surface area contributed by atoms with Gasteiger partial charge in [-0.05, 0) is 18.1 Å². The number of rotatable bonds is 3. The largest absolute Gasteiger partial charge is 0.392 e. The van der Waals surface area contributed by atoms with E-state index in [0.717, 1.165) is 5.56 Å². The van der Waals surface area contributed by atoms with E-state index < -0.39 is 0 Å². The van der Waals surface area contributed by atoms with Crippen LogP contribution in [0.3, 0.4) is 0 Å². The fourth-order valence-electron chi connectivity index (χ4n) is 2.07. The Morgan fingerprint density at radius 3 is 3.17 bits per heavy atom. The summed E-state index contributed by atoms with van der Waals surface area (Å²) in [6.45, 7) is 0.574. The van der Waals surface area contributed by atoms with Crippen molar-refractivity contribution >= 4 is 0 Å². The number of hydrogen-bond donors (Lipinski definition) is 2. The summed E-state index contributed by atoms with van der Waals surface area (Å²) in [5.74, 6) is 1.19. The Bertz CT molecular complexity index is 514. The van der Waals surface area contributed by atoms with E-state index in [1.807, 2.05) is 12.1 Å². The third kappa shape index (κ3) is 2.39. The molecular formula is C12H14N4O2. The minimum Gasteiger partial charge on any atom is -0.392 e. The van der Waals surface area contributed by atoms with Crippen molar-refractivity contribution in [2.45, 2.75) is 25.0 Å². The highest BCUT2D eigenvalue weighted by Gasteiger charge is 2.27. The zero-order chi connectivity index (χ0) is 12.4. The molecule has 3 rings (SSSR count). The van der Waals surface area contributed by atoms with Gasteiger partial charge in [-0.2, -0.15) is 4.98 Å². The van der Waals surface area contributed by atoms with Crippen molar-refractivity contribution in [3.63, 3.8) is 0 Å². The van der Waals surface area contributed by atoms with Gasteiger partial charge in [0.25, 0.3) is 0 Å². The topological polar surface area (TPSA) is 84.1 Å². The zero-order valence-corrected chi connectivity index (χ0v) is 9.78. The van der Waals surface area contributed by atoms with Crippen LogP contribution in [-0.4, -0.2) is 32.9 Å². The van der Waals surface area contributed by atoms with Gasteiger partial charge in [0.2, 0.25) is 5.89 Å². The van der Waals surface area contributed by atoms with Gasteiger partial charge in [-0.3, -0.25) is 4.98 Å². The van der Waals surface area contributed by atoms with Crippen LogP contribution in [0.15, 0.2) is 29.0 Å². The minimum absolute atomic E-state index is 0.0323.